The van der Waals surface area contributed by atoms with Crippen molar-refractivity contribution in [2.24, 2.45) is 0 Å². The van der Waals surface area contributed by atoms with Crippen LogP contribution in [0, 0.1) is 12.7 Å². The van der Waals surface area contributed by atoms with E-state index < -0.39 is 11.8 Å². The van der Waals surface area contributed by atoms with Crippen LogP contribution >= 0.6 is 0 Å². The molecule has 0 unspecified atom stereocenters. The number of ketones is 1. The number of hydrogen-bond donors (Lipinski definition) is 3. The Hall–Kier alpha value is -4.27. The third kappa shape index (κ3) is 4.38. The van der Waals surface area contributed by atoms with Crippen LogP contribution in [-0.2, 0) is 0 Å². The third-order valence-corrected chi connectivity index (χ3v) is 5.19. The summed E-state index contributed by atoms with van der Waals surface area (Å²) >= 11 is 0. The summed E-state index contributed by atoms with van der Waals surface area (Å²) in [7, 11) is 0. The Labute approximate surface area is 189 Å². The van der Waals surface area contributed by atoms with Crippen LogP contribution in [0.5, 0.6) is 0 Å². The van der Waals surface area contributed by atoms with E-state index in [2.05, 4.69) is 20.6 Å². The lowest BCUT2D eigenvalue weighted by Crippen LogP contribution is -2.20. The van der Waals surface area contributed by atoms with Gasteiger partial charge in [-0.25, -0.2) is 19.2 Å². The average Bonchev–Trinajstić information content (AvgIpc) is 3.17. The van der Waals surface area contributed by atoms with Crippen molar-refractivity contribution < 1.29 is 14.0 Å². The van der Waals surface area contributed by atoms with Crippen LogP contribution in [0.3, 0.4) is 0 Å². The van der Waals surface area contributed by atoms with Crippen LogP contribution in [0.1, 0.15) is 41.4 Å². The molecule has 0 aliphatic carbocycles. The number of halogens is 1. The number of nitrogens with one attached hydrogen (secondary N) is 2. The Morgan fingerprint density at radius 1 is 1.09 bits per heavy atom. The Bertz CT molecular complexity index is 1380. The molecule has 4 N–H and O–H groups in total. The Balaban J connectivity index is 1.61. The van der Waals surface area contributed by atoms with E-state index in [1.54, 1.807) is 43.5 Å². The van der Waals surface area contributed by atoms with Gasteiger partial charge in [0.2, 0.25) is 0 Å². The van der Waals surface area contributed by atoms with Crippen molar-refractivity contribution in [2.45, 2.75) is 26.8 Å². The molecule has 0 aliphatic rings. The number of anilines is 3. The van der Waals surface area contributed by atoms with Gasteiger partial charge in [0, 0.05) is 23.5 Å². The summed E-state index contributed by atoms with van der Waals surface area (Å²) in [5.41, 5.74) is 8.62. The highest BCUT2D eigenvalue weighted by Gasteiger charge is 2.21. The van der Waals surface area contributed by atoms with Gasteiger partial charge in [0.1, 0.15) is 23.6 Å². The number of nitrogens with zero attached hydrogens (tertiary/aromatic N) is 3. The fraction of sp³-hybridized carbons (Fsp3) is 0.167. The number of carbonyl (C=O) groups is 2. The van der Waals surface area contributed by atoms with Crippen LogP contribution in [0.2, 0.25) is 0 Å². The first-order chi connectivity index (χ1) is 15.7. The lowest BCUT2D eigenvalue weighted by atomic mass is 10.0. The first-order valence-corrected chi connectivity index (χ1v) is 10.3. The largest absolute Gasteiger partial charge is 0.383 e. The van der Waals surface area contributed by atoms with Gasteiger partial charge < -0.3 is 20.9 Å². The quantitative estimate of drug-likeness (QED) is 0.377. The van der Waals surface area contributed by atoms with Gasteiger partial charge in [-0.15, -0.1) is 0 Å². The predicted molar refractivity (Wildman–Crippen MR) is 126 cm³/mol. The van der Waals surface area contributed by atoms with Crippen molar-refractivity contribution in [3.63, 3.8) is 0 Å². The number of aryl methyl sites for hydroxylation is 1. The molecule has 0 spiro atoms. The van der Waals surface area contributed by atoms with Crippen molar-refractivity contribution in [1.29, 1.82) is 0 Å². The molecule has 0 aliphatic heterocycles. The molecule has 9 heteroatoms. The summed E-state index contributed by atoms with van der Waals surface area (Å²) in [6, 6.07) is 10.3. The number of benzene rings is 2. The normalized spacial score (nSPS) is 11.1. The highest BCUT2D eigenvalue weighted by molar-refractivity contribution is 6.18. The molecule has 2 aromatic heterocycles. The summed E-state index contributed by atoms with van der Waals surface area (Å²) < 4.78 is 15.8. The zero-order valence-electron chi connectivity index (χ0n) is 18.4. The van der Waals surface area contributed by atoms with Crippen molar-refractivity contribution in [3.8, 4) is 0 Å². The number of amides is 2. The van der Waals surface area contributed by atoms with Gasteiger partial charge in [-0.2, -0.15) is 0 Å². The first kappa shape index (κ1) is 21.9. The monoisotopic (exact) mass is 446 g/mol. The van der Waals surface area contributed by atoms with E-state index in [9.17, 15) is 14.0 Å². The van der Waals surface area contributed by atoms with Gasteiger partial charge in [-0.3, -0.25) is 4.79 Å². The SMILES string of the molecule is Cc1ccc(F)c(NC(=O)Nc2cccc(C(=O)c3cn(C(C)C)c4ncnc(N)c34)c2)c1. The second-order valence-corrected chi connectivity index (χ2v) is 7.97. The van der Waals surface area contributed by atoms with Gasteiger partial charge in [0.05, 0.1) is 16.6 Å². The number of fused-ring (bicyclic) bond motifs is 1. The Kier molecular flexibility index (Phi) is 5.78. The molecule has 2 amide bonds. The molecule has 168 valence electrons. The molecule has 2 aromatic carbocycles. The van der Waals surface area contributed by atoms with Gasteiger partial charge in [-0.05, 0) is 50.6 Å². The highest BCUT2D eigenvalue weighted by Crippen LogP contribution is 2.29. The van der Waals surface area contributed by atoms with Crippen molar-refractivity contribution in [3.05, 3.63) is 77.5 Å². The van der Waals surface area contributed by atoms with Crippen molar-refractivity contribution >= 4 is 40.0 Å². The molecule has 0 fully saturated rings. The topological polar surface area (TPSA) is 115 Å². The maximum atomic E-state index is 13.9. The third-order valence-electron chi connectivity index (χ3n) is 5.19. The number of aromatic nitrogens is 3. The second-order valence-electron chi connectivity index (χ2n) is 7.97. The molecule has 0 saturated carbocycles. The number of nitrogens with two attached hydrogens (primary N) is 1. The van der Waals surface area contributed by atoms with Gasteiger partial charge in [0.25, 0.3) is 0 Å². The summed E-state index contributed by atoms with van der Waals surface area (Å²) in [4.78, 5) is 34.1. The molecule has 0 bridgehead atoms. The van der Waals surface area contributed by atoms with E-state index in [0.717, 1.165) is 5.56 Å². The van der Waals surface area contributed by atoms with Crippen LogP contribution < -0.4 is 16.4 Å². The highest BCUT2D eigenvalue weighted by atomic mass is 19.1. The maximum absolute atomic E-state index is 13.9. The molecular weight excluding hydrogens is 423 g/mol. The maximum Gasteiger partial charge on any atom is 0.323 e. The summed E-state index contributed by atoms with van der Waals surface area (Å²) in [5, 5.41) is 5.60. The van der Waals surface area contributed by atoms with E-state index in [0.29, 0.717) is 27.8 Å². The zero-order chi connectivity index (χ0) is 23.7. The van der Waals surface area contributed by atoms with Crippen LogP contribution in [-0.4, -0.2) is 26.3 Å². The lowest BCUT2D eigenvalue weighted by Gasteiger charge is -2.10. The molecular formula is C24H23FN6O2. The van der Waals surface area contributed by atoms with Gasteiger partial charge in [-0.1, -0.05) is 18.2 Å². The summed E-state index contributed by atoms with van der Waals surface area (Å²) in [6.07, 6.45) is 3.08. The van der Waals surface area contributed by atoms with Gasteiger partial charge >= 0.3 is 6.03 Å². The average molecular weight is 446 g/mol. The molecule has 8 nitrogen and oxygen atoms in total. The zero-order valence-corrected chi connectivity index (χ0v) is 18.4. The number of hydrogen-bond acceptors (Lipinski definition) is 5. The lowest BCUT2D eigenvalue weighted by molar-refractivity contribution is 0.104. The van der Waals surface area contributed by atoms with Crippen molar-refractivity contribution in [1.82, 2.24) is 14.5 Å². The standard InChI is InChI=1S/C24H23FN6O2/c1-13(2)31-11-17(20-22(26)27-12-28-23(20)31)21(32)15-5-4-6-16(10-15)29-24(33)30-19-9-14(3)7-8-18(19)25/h4-13H,1-3H3,(H2,26,27,28)(H2,29,30,33). The van der Waals surface area contributed by atoms with Crippen LogP contribution in [0.25, 0.3) is 11.0 Å². The fourth-order valence-electron chi connectivity index (χ4n) is 3.59. The van der Waals surface area contributed by atoms with E-state index in [-0.39, 0.29) is 23.3 Å². The van der Waals surface area contributed by atoms with E-state index in [1.165, 1.54) is 18.5 Å². The Morgan fingerprint density at radius 2 is 1.88 bits per heavy atom. The fourth-order valence-corrected chi connectivity index (χ4v) is 3.59. The minimum absolute atomic E-state index is 0.0575. The number of nitrogen functional groups attached to an aromatic ring is 1. The minimum Gasteiger partial charge on any atom is -0.383 e. The van der Waals surface area contributed by atoms with Crippen LogP contribution in [0.15, 0.2) is 55.0 Å². The summed E-state index contributed by atoms with van der Waals surface area (Å²) in [6.45, 7) is 5.75. The minimum atomic E-state index is -0.627. The smallest absolute Gasteiger partial charge is 0.323 e. The summed E-state index contributed by atoms with van der Waals surface area (Å²) in [5.74, 6) is -0.604. The second kappa shape index (κ2) is 8.70. The Morgan fingerprint density at radius 3 is 2.64 bits per heavy atom. The van der Waals surface area contributed by atoms with Crippen molar-refractivity contribution in [2.75, 3.05) is 16.4 Å². The molecule has 33 heavy (non-hydrogen) atoms. The predicted octanol–water partition coefficient (Wildman–Crippen LogP) is 4.92. The molecule has 0 saturated heterocycles. The van der Waals surface area contributed by atoms with Gasteiger partial charge in [0.15, 0.2) is 5.78 Å². The van der Waals surface area contributed by atoms with E-state index in [1.807, 2.05) is 18.4 Å². The first-order valence-electron chi connectivity index (χ1n) is 10.3. The molecule has 4 aromatic rings. The van der Waals surface area contributed by atoms with E-state index >= 15 is 0 Å². The molecule has 2 heterocycles. The molecule has 4 rings (SSSR count). The number of urea groups is 1. The molecule has 0 atom stereocenters. The number of carbonyl (C=O) groups excluding carboxylic acids is 2. The molecule has 0 radical (unpaired) electrons. The van der Waals surface area contributed by atoms with E-state index in [4.69, 9.17) is 5.73 Å². The number of rotatable bonds is 5. The van der Waals surface area contributed by atoms with Crippen LogP contribution in [0.4, 0.5) is 26.4 Å².